The fourth-order valence-electron chi connectivity index (χ4n) is 5.93. The smallest absolute Gasteiger partial charge is 0.225 e. The second kappa shape index (κ2) is 11.0. The predicted octanol–water partition coefficient (Wildman–Crippen LogP) is 3.91. The molecule has 6 atom stereocenters. The molecular formula is C31H31N7O3S. The van der Waals surface area contributed by atoms with Crippen molar-refractivity contribution in [3.63, 3.8) is 0 Å². The Hall–Kier alpha value is -4.06. The first-order valence-electron chi connectivity index (χ1n) is 14.2. The summed E-state index contributed by atoms with van der Waals surface area (Å²) in [7, 11) is 0. The van der Waals surface area contributed by atoms with Gasteiger partial charge in [0.1, 0.15) is 6.10 Å². The number of carbonyl (C=O) groups is 1. The van der Waals surface area contributed by atoms with Crippen LogP contribution < -0.4 is 10.6 Å². The van der Waals surface area contributed by atoms with Gasteiger partial charge in [-0.1, -0.05) is 65.9 Å². The van der Waals surface area contributed by atoms with E-state index in [2.05, 4.69) is 57.3 Å². The number of aromatic nitrogens is 5. The summed E-state index contributed by atoms with van der Waals surface area (Å²) in [6.45, 7) is 2.26. The van der Waals surface area contributed by atoms with Crippen molar-refractivity contribution >= 4 is 45.4 Å². The lowest BCUT2D eigenvalue weighted by molar-refractivity contribution is -0.128. The molecular weight excluding hydrogens is 550 g/mol. The summed E-state index contributed by atoms with van der Waals surface area (Å²) in [6.07, 6.45) is -1.23. The van der Waals surface area contributed by atoms with Crippen molar-refractivity contribution in [1.29, 1.82) is 0 Å². The molecule has 0 saturated heterocycles. The third-order valence-corrected chi connectivity index (χ3v) is 9.08. The maximum absolute atomic E-state index is 12.6. The van der Waals surface area contributed by atoms with Gasteiger partial charge in [0.2, 0.25) is 5.91 Å². The summed E-state index contributed by atoms with van der Waals surface area (Å²) in [4.78, 5) is 23.3. The topological polar surface area (TPSA) is 138 Å². The molecule has 0 radical (unpaired) electrons. The van der Waals surface area contributed by atoms with Crippen LogP contribution in [0.25, 0.3) is 21.9 Å². The third-order valence-electron chi connectivity index (χ3n) is 8.23. The summed E-state index contributed by atoms with van der Waals surface area (Å²) in [5.74, 6) is -0.104. The fraction of sp³-hybridized carbons (Fsp3) is 0.323. The van der Waals surface area contributed by atoms with Crippen LogP contribution in [-0.2, 0) is 4.79 Å². The van der Waals surface area contributed by atoms with Crippen molar-refractivity contribution in [2.24, 2.45) is 5.92 Å². The van der Waals surface area contributed by atoms with E-state index >= 15 is 0 Å². The van der Waals surface area contributed by atoms with Gasteiger partial charge in [0.25, 0.3) is 0 Å². The van der Waals surface area contributed by atoms with Crippen molar-refractivity contribution in [2.45, 2.75) is 60.0 Å². The molecule has 4 N–H and O–H groups in total. The summed E-state index contributed by atoms with van der Waals surface area (Å²) in [6, 6.07) is 24.3. The highest BCUT2D eigenvalue weighted by molar-refractivity contribution is 7.99. The predicted molar refractivity (Wildman–Crippen MR) is 160 cm³/mol. The Morgan fingerprint density at radius 3 is 2.57 bits per heavy atom. The average molecular weight is 582 g/mol. The Kier molecular flexibility index (Phi) is 7.01. The van der Waals surface area contributed by atoms with E-state index in [4.69, 9.17) is 9.97 Å². The lowest BCUT2D eigenvalue weighted by Crippen LogP contribution is -2.38. The molecule has 214 valence electrons. The average Bonchev–Trinajstić information content (AvgIpc) is 3.55. The normalized spacial score (nSPS) is 25.1. The molecule has 2 unspecified atom stereocenters. The number of nitrogens with zero attached hydrogens (tertiary/aromatic N) is 5. The Balaban J connectivity index is 1.25. The maximum Gasteiger partial charge on any atom is 0.225 e. The Labute approximate surface area is 246 Å². The molecule has 0 spiro atoms. The van der Waals surface area contributed by atoms with Gasteiger partial charge in [-0.25, -0.2) is 14.6 Å². The molecule has 2 aliphatic rings. The van der Waals surface area contributed by atoms with Crippen LogP contribution in [0.3, 0.4) is 0 Å². The quantitative estimate of drug-likeness (QED) is 0.201. The lowest BCUT2D eigenvalue weighted by atomic mass is 10.0. The number of nitrogens with one attached hydrogen (secondary N) is 2. The molecule has 3 aromatic carbocycles. The van der Waals surface area contributed by atoms with E-state index in [9.17, 15) is 15.0 Å². The zero-order valence-electron chi connectivity index (χ0n) is 23.0. The Morgan fingerprint density at radius 2 is 1.76 bits per heavy atom. The van der Waals surface area contributed by atoms with E-state index in [0.717, 1.165) is 22.1 Å². The van der Waals surface area contributed by atoms with E-state index in [0.29, 0.717) is 34.6 Å². The second-order valence-electron chi connectivity index (χ2n) is 11.0. The number of carbonyl (C=O) groups excluding carboxylic acids is 1. The van der Waals surface area contributed by atoms with Gasteiger partial charge in [-0.3, -0.25) is 4.79 Å². The number of hydrogen-bond donors (Lipinski definition) is 4. The van der Waals surface area contributed by atoms with Gasteiger partial charge >= 0.3 is 0 Å². The van der Waals surface area contributed by atoms with E-state index < -0.39 is 24.2 Å². The first-order chi connectivity index (χ1) is 20.5. The number of amides is 1. The molecule has 10 nitrogen and oxygen atoms in total. The van der Waals surface area contributed by atoms with Crippen LogP contribution in [0.2, 0.25) is 0 Å². The third kappa shape index (κ3) is 4.97. The van der Waals surface area contributed by atoms with Crippen LogP contribution in [0.5, 0.6) is 0 Å². The first kappa shape index (κ1) is 26.8. The molecule has 2 fully saturated rings. The molecule has 0 aliphatic heterocycles. The van der Waals surface area contributed by atoms with Gasteiger partial charge in [-0.2, -0.15) is 0 Å². The maximum atomic E-state index is 12.6. The number of benzene rings is 3. The minimum Gasteiger partial charge on any atom is -0.390 e. The van der Waals surface area contributed by atoms with Crippen molar-refractivity contribution in [2.75, 3.05) is 11.9 Å². The van der Waals surface area contributed by atoms with E-state index in [1.807, 2.05) is 43.3 Å². The number of aliphatic hydroxyl groups is 2. The summed E-state index contributed by atoms with van der Waals surface area (Å²) >= 11 is 1.44. The minimum atomic E-state index is -1.22. The lowest BCUT2D eigenvalue weighted by Gasteiger charge is -2.17. The number of rotatable bonds is 8. The van der Waals surface area contributed by atoms with E-state index in [-0.39, 0.29) is 18.4 Å². The van der Waals surface area contributed by atoms with Crippen molar-refractivity contribution in [3.8, 4) is 0 Å². The van der Waals surface area contributed by atoms with Crippen LogP contribution in [0, 0.1) is 5.92 Å². The van der Waals surface area contributed by atoms with Crippen molar-refractivity contribution < 1.29 is 15.0 Å². The van der Waals surface area contributed by atoms with Gasteiger partial charge in [-0.05, 0) is 60.0 Å². The molecule has 5 aromatic rings. The fourth-order valence-corrected chi connectivity index (χ4v) is 6.73. The molecule has 2 heterocycles. The Bertz CT molecular complexity index is 1760. The van der Waals surface area contributed by atoms with E-state index in [1.165, 1.54) is 17.3 Å². The van der Waals surface area contributed by atoms with Crippen molar-refractivity contribution in [3.05, 3.63) is 78.4 Å². The minimum absolute atomic E-state index is 0.190. The van der Waals surface area contributed by atoms with Gasteiger partial charge in [-0.15, -0.1) is 5.10 Å². The van der Waals surface area contributed by atoms with Crippen LogP contribution in [0.4, 0.5) is 5.82 Å². The van der Waals surface area contributed by atoms with E-state index in [1.54, 1.807) is 4.68 Å². The first-order valence-corrected chi connectivity index (χ1v) is 15.1. The molecule has 1 amide bonds. The molecule has 11 heteroatoms. The van der Waals surface area contributed by atoms with Crippen LogP contribution >= 0.6 is 11.8 Å². The summed E-state index contributed by atoms with van der Waals surface area (Å²) in [5, 5.41) is 39.6. The SMILES string of the molecule is CCNC(=O)[C@@H]1C[C@H](n2nnc3c(NC4CC4c4ccccc4)nc(Sc4ccc5ccccc5c4)nc32)[C@@H](O)[C@H]1O. The molecule has 42 heavy (non-hydrogen) atoms. The van der Waals surface area contributed by atoms with Gasteiger partial charge < -0.3 is 20.8 Å². The zero-order valence-corrected chi connectivity index (χ0v) is 23.8. The number of fused-ring (bicyclic) bond motifs is 2. The number of anilines is 1. The van der Waals surface area contributed by atoms with Crippen LogP contribution in [-0.4, -0.2) is 65.9 Å². The summed E-state index contributed by atoms with van der Waals surface area (Å²) < 4.78 is 1.54. The molecule has 0 bridgehead atoms. The van der Waals surface area contributed by atoms with Gasteiger partial charge in [0.05, 0.1) is 18.1 Å². The van der Waals surface area contributed by atoms with Crippen molar-refractivity contribution in [1.82, 2.24) is 30.3 Å². The number of aliphatic hydroxyl groups excluding tert-OH is 2. The second-order valence-corrected chi connectivity index (χ2v) is 12.0. The highest BCUT2D eigenvalue weighted by atomic mass is 32.2. The highest BCUT2D eigenvalue weighted by Gasteiger charge is 2.47. The van der Waals surface area contributed by atoms with Crippen LogP contribution in [0.15, 0.2) is 82.8 Å². The monoisotopic (exact) mass is 581 g/mol. The van der Waals surface area contributed by atoms with Gasteiger partial charge in [0.15, 0.2) is 22.1 Å². The standard InChI is InChI=1S/C31H31N7O3S/c1-2-32-30(41)22-16-24(27(40)26(22)39)38-29-25(36-37-38)28(33-23-15-21(23)18-9-4-3-5-10-18)34-31(35-29)42-20-13-12-17-8-6-7-11-19(17)14-20/h3-14,21-24,26-27,39-40H,2,15-16H2,1H3,(H,32,41)(H,33,34,35)/t21?,22-,23?,24+,26+,27-/m1/s1. The molecule has 2 aliphatic carbocycles. The molecule has 7 rings (SSSR count). The largest absolute Gasteiger partial charge is 0.390 e. The zero-order chi connectivity index (χ0) is 28.8. The van der Waals surface area contributed by atoms with Gasteiger partial charge in [0, 0.05) is 23.4 Å². The molecule has 2 saturated carbocycles. The van der Waals surface area contributed by atoms with Crippen LogP contribution in [0.1, 0.15) is 37.3 Å². The summed E-state index contributed by atoms with van der Waals surface area (Å²) in [5.41, 5.74) is 2.20. The Morgan fingerprint density at radius 1 is 0.976 bits per heavy atom. The molecule has 2 aromatic heterocycles. The highest BCUT2D eigenvalue weighted by Crippen LogP contribution is 2.44. The number of hydrogen-bond acceptors (Lipinski definition) is 9.